The highest BCUT2D eigenvalue weighted by atomic mass is 16.5. The molecule has 0 fully saturated rings. The van der Waals surface area contributed by atoms with Gasteiger partial charge in [0, 0.05) is 12.1 Å². The number of ether oxygens (including phenoxy) is 2. The van der Waals surface area contributed by atoms with E-state index >= 15 is 0 Å². The number of benzene rings is 1. The number of amides is 1. The summed E-state index contributed by atoms with van der Waals surface area (Å²) in [6.07, 6.45) is 1.17. The normalized spacial score (nSPS) is 9.86. The minimum atomic E-state index is -0.870. The van der Waals surface area contributed by atoms with Crippen molar-refractivity contribution >= 4 is 17.6 Å². The number of aromatic nitrogens is 1. The van der Waals surface area contributed by atoms with Gasteiger partial charge in [0.15, 0.2) is 12.8 Å². The van der Waals surface area contributed by atoms with Gasteiger partial charge < -0.3 is 20.0 Å². The number of nitrogens with one attached hydrogen (secondary N) is 1. The van der Waals surface area contributed by atoms with Crippen LogP contribution in [0.3, 0.4) is 0 Å². The Labute approximate surface area is 126 Å². The predicted octanol–water partition coefficient (Wildman–Crippen LogP) is 1.12. The zero-order chi connectivity index (χ0) is 15.9. The summed E-state index contributed by atoms with van der Waals surface area (Å²) in [5.41, 5.74) is 0.275. The van der Waals surface area contributed by atoms with Gasteiger partial charge in [0.1, 0.15) is 5.75 Å². The Bertz CT molecular complexity index is 687. The zero-order valence-corrected chi connectivity index (χ0v) is 11.8. The van der Waals surface area contributed by atoms with E-state index in [2.05, 4.69) is 5.32 Å². The van der Waals surface area contributed by atoms with Crippen molar-refractivity contribution in [2.45, 2.75) is 0 Å². The fourth-order valence-corrected chi connectivity index (χ4v) is 1.73. The molecule has 2 aromatic rings. The summed E-state index contributed by atoms with van der Waals surface area (Å²) in [4.78, 5) is 23.5. The van der Waals surface area contributed by atoms with Gasteiger partial charge >= 0.3 is 11.7 Å². The maximum absolute atomic E-state index is 11.8. The zero-order valence-electron chi connectivity index (χ0n) is 11.8. The number of pyridine rings is 1. The minimum absolute atomic E-state index is 0.187. The molecular weight excluding hydrogens is 288 g/mol. The molecule has 0 aliphatic rings. The van der Waals surface area contributed by atoms with Crippen LogP contribution in [0, 0.1) is 5.21 Å². The Morgan fingerprint density at radius 1 is 1.18 bits per heavy atom. The van der Waals surface area contributed by atoms with E-state index in [9.17, 15) is 14.8 Å². The van der Waals surface area contributed by atoms with Crippen LogP contribution in [0.2, 0.25) is 0 Å². The first-order chi connectivity index (χ1) is 10.6. The molecule has 22 heavy (non-hydrogen) atoms. The summed E-state index contributed by atoms with van der Waals surface area (Å²) < 4.78 is 10.3. The summed E-state index contributed by atoms with van der Waals surface area (Å²) in [5.74, 6) is -0.917. The van der Waals surface area contributed by atoms with E-state index in [-0.39, 0.29) is 5.69 Å². The van der Waals surface area contributed by atoms with E-state index in [1.807, 2.05) is 0 Å². The molecule has 0 unspecified atom stereocenters. The van der Waals surface area contributed by atoms with Crippen molar-refractivity contribution in [3.63, 3.8) is 0 Å². The first kappa shape index (κ1) is 15.3. The van der Waals surface area contributed by atoms with E-state index in [0.717, 1.165) is 0 Å². The molecule has 1 aromatic heterocycles. The Balaban J connectivity index is 1.93. The summed E-state index contributed by atoms with van der Waals surface area (Å²) in [6, 6.07) is 11.2. The molecule has 0 atom stereocenters. The first-order valence-electron chi connectivity index (χ1n) is 6.40. The number of para-hydroxylation sites is 2. The maximum atomic E-state index is 11.8. The Kier molecular flexibility index (Phi) is 4.92. The highest BCUT2D eigenvalue weighted by molar-refractivity contribution is 5.95. The summed E-state index contributed by atoms with van der Waals surface area (Å²) in [7, 11) is 1.48. The van der Waals surface area contributed by atoms with Gasteiger partial charge in [-0.1, -0.05) is 12.1 Å². The second-order valence-corrected chi connectivity index (χ2v) is 4.24. The summed E-state index contributed by atoms with van der Waals surface area (Å²) in [6.45, 7) is -0.508. The van der Waals surface area contributed by atoms with Crippen molar-refractivity contribution in [2.75, 3.05) is 19.0 Å². The molecule has 0 bridgehead atoms. The number of hydrogen-bond acceptors (Lipinski definition) is 5. The molecule has 7 nitrogen and oxygen atoms in total. The first-order valence-corrected chi connectivity index (χ1v) is 6.40. The topological polar surface area (TPSA) is 91.6 Å². The second kappa shape index (κ2) is 7.07. The monoisotopic (exact) mass is 302 g/mol. The molecule has 2 rings (SSSR count). The van der Waals surface area contributed by atoms with Crippen LogP contribution >= 0.6 is 0 Å². The van der Waals surface area contributed by atoms with Crippen LogP contribution in [0.5, 0.6) is 5.75 Å². The van der Waals surface area contributed by atoms with Crippen molar-refractivity contribution in [3.05, 3.63) is 59.6 Å². The van der Waals surface area contributed by atoms with E-state index in [1.54, 1.807) is 24.3 Å². The van der Waals surface area contributed by atoms with Gasteiger partial charge in [-0.25, -0.2) is 4.79 Å². The Morgan fingerprint density at radius 3 is 2.64 bits per heavy atom. The highest BCUT2D eigenvalue weighted by Crippen LogP contribution is 2.22. The third kappa shape index (κ3) is 3.72. The van der Waals surface area contributed by atoms with E-state index < -0.39 is 18.5 Å². The molecule has 1 heterocycles. The highest BCUT2D eigenvalue weighted by Gasteiger charge is 2.18. The lowest BCUT2D eigenvalue weighted by atomic mass is 10.3. The van der Waals surface area contributed by atoms with Crippen LogP contribution in [-0.4, -0.2) is 25.6 Å². The largest absolute Gasteiger partial charge is 0.618 e. The molecule has 0 spiro atoms. The maximum Gasteiger partial charge on any atom is 0.405 e. The van der Waals surface area contributed by atoms with Crippen LogP contribution in [0.15, 0.2) is 48.7 Å². The number of anilines is 1. The molecule has 114 valence electrons. The van der Waals surface area contributed by atoms with E-state index in [1.165, 1.54) is 31.5 Å². The van der Waals surface area contributed by atoms with Crippen LogP contribution in [-0.2, 0) is 9.53 Å². The van der Waals surface area contributed by atoms with Gasteiger partial charge in [-0.15, -0.1) is 0 Å². The summed E-state index contributed by atoms with van der Waals surface area (Å²) >= 11 is 0. The fraction of sp³-hybridized carbons (Fsp3) is 0.133. The third-order valence-corrected chi connectivity index (χ3v) is 2.75. The van der Waals surface area contributed by atoms with Crippen molar-refractivity contribution in [2.24, 2.45) is 0 Å². The van der Waals surface area contributed by atoms with Gasteiger partial charge in [0.25, 0.3) is 5.91 Å². The molecule has 7 heteroatoms. The van der Waals surface area contributed by atoms with Crippen LogP contribution in [0.4, 0.5) is 5.69 Å². The average molecular weight is 302 g/mol. The van der Waals surface area contributed by atoms with Gasteiger partial charge in [-0.05, 0) is 18.2 Å². The SMILES string of the molecule is COc1ccccc1NC(=O)COC(=O)c1cccc[n+]1[O-]. The predicted molar refractivity (Wildman–Crippen MR) is 77.3 cm³/mol. The second-order valence-electron chi connectivity index (χ2n) is 4.24. The lowest BCUT2D eigenvalue weighted by molar-refractivity contribution is -0.608. The Hall–Kier alpha value is -3.09. The number of carbonyl (C=O) groups is 2. The molecule has 1 amide bonds. The number of esters is 1. The molecule has 1 aromatic carbocycles. The van der Waals surface area contributed by atoms with Crippen molar-refractivity contribution in [3.8, 4) is 5.75 Å². The summed E-state index contributed by atoms with van der Waals surface area (Å²) in [5, 5.41) is 13.9. The van der Waals surface area contributed by atoms with Crippen molar-refractivity contribution < 1.29 is 23.8 Å². The van der Waals surface area contributed by atoms with E-state index in [4.69, 9.17) is 9.47 Å². The molecule has 0 aliphatic carbocycles. The lowest BCUT2D eigenvalue weighted by Crippen LogP contribution is -2.35. The number of methoxy groups -OCH3 is 1. The van der Waals surface area contributed by atoms with Crippen LogP contribution in [0.25, 0.3) is 0 Å². The lowest BCUT2D eigenvalue weighted by Gasteiger charge is -2.10. The van der Waals surface area contributed by atoms with Gasteiger partial charge in [-0.2, -0.15) is 4.73 Å². The van der Waals surface area contributed by atoms with Gasteiger partial charge in [-0.3, -0.25) is 4.79 Å². The number of rotatable bonds is 5. The number of hydrogen-bond donors (Lipinski definition) is 1. The smallest absolute Gasteiger partial charge is 0.405 e. The molecule has 0 radical (unpaired) electrons. The standard InChI is InChI=1S/C15H14N2O5/c1-21-13-8-3-2-6-11(13)16-14(18)10-22-15(19)12-7-4-5-9-17(12)20/h2-9H,10H2,1H3,(H,16,18). The number of carbonyl (C=O) groups excluding carboxylic acids is 2. The van der Waals surface area contributed by atoms with Gasteiger partial charge in [0.2, 0.25) is 0 Å². The number of nitrogens with zero attached hydrogens (tertiary/aromatic N) is 1. The molecule has 1 N–H and O–H groups in total. The molecular formula is C15H14N2O5. The van der Waals surface area contributed by atoms with Crippen LogP contribution < -0.4 is 14.8 Å². The third-order valence-electron chi connectivity index (χ3n) is 2.75. The molecule has 0 saturated carbocycles. The van der Waals surface area contributed by atoms with Crippen molar-refractivity contribution in [1.82, 2.24) is 0 Å². The van der Waals surface area contributed by atoms with E-state index in [0.29, 0.717) is 16.2 Å². The average Bonchev–Trinajstić information content (AvgIpc) is 2.53. The molecule has 0 saturated heterocycles. The Morgan fingerprint density at radius 2 is 1.91 bits per heavy atom. The molecule has 0 aliphatic heterocycles. The minimum Gasteiger partial charge on any atom is -0.618 e. The quantitative estimate of drug-likeness (QED) is 0.508. The fourth-order valence-electron chi connectivity index (χ4n) is 1.73. The van der Waals surface area contributed by atoms with Crippen LogP contribution in [0.1, 0.15) is 10.5 Å². The van der Waals surface area contributed by atoms with Gasteiger partial charge in [0.05, 0.1) is 12.8 Å². The van der Waals surface area contributed by atoms with Crippen molar-refractivity contribution in [1.29, 1.82) is 0 Å².